The monoisotopic (exact) mass is 347 g/mol. The van der Waals surface area contributed by atoms with Crippen molar-refractivity contribution in [3.8, 4) is 0 Å². The number of sulfonamides is 1. The van der Waals surface area contributed by atoms with E-state index >= 15 is 0 Å². The van der Waals surface area contributed by atoms with E-state index in [-0.39, 0.29) is 5.75 Å². The molecule has 0 unspecified atom stereocenters. The third-order valence-corrected chi connectivity index (χ3v) is 5.34. The molecule has 5 nitrogen and oxygen atoms in total. The minimum atomic E-state index is -3.59. The van der Waals surface area contributed by atoms with Crippen molar-refractivity contribution < 1.29 is 17.9 Å². The molecule has 0 aliphatic rings. The Bertz CT molecular complexity index is 858. The van der Waals surface area contributed by atoms with Crippen molar-refractivity contribution in [2.75, 3.05) is 11.8 Å². The molecule has 0 bridgehead atoms. The van der Waals surface area contributed by atoms with E-state index in [0.717, 1.165) is 16.7 Å². The summed E-state index contributed by atoms with van der Waals surface area (Å²) < 4.78 is 32.2. The number of rotatable bonds is 5. The van der Waals surface area contributed by atoms with Gasteiger partial charge in [0.15, 0.2) is 0 Å². The highest BCUT2D eigenvalue weighted by Gasteiger charge is 2.19. The number of ether oxygens (including phenoxy) is 1. The molecule has 128 valence electrons. The van der Waals surface area contributed by atoms with E-state index in [0.29, 0.717) is 16.8 Å². The van der Waals surface area contributed by atoms with E-state index in [1.165, 1.54) is 13.2 Å². The SMILES string of the molecule is COC(=O)c1cc(NS(=O)(=O)Cc2ccccc2)c(C)c(C)c1C. The van der Waals surface area contributed by atoms with Gasteiger partial charge in [-0.25, -0.2) is 13.2 Å². The van der Waals surface area contributed by atoms with Gasteiger partial charge in [0.2, 0.25) is 10.0 Å². The van der Waals surface area contributed by atoms with Crippen LogP contribution >= 0.6 is 0 Å². The first kappa shape index (κ1) is 18.0. The third kappa shape index (κ3) is 3.94. The summed E-state index contributed by atoms with van der Waals surface area (Å²) >= 11 is 0. The van der Waals surface area contributed by atoms with Crippen molar-refractivity contribution in [3.63, 3.8) is 0 Å². The second-order valence-corrected chi connectivity index (χ2v) is 7.41. The lowest BCUT2D eigenvalue weighted by Crippen LogP contribution is -2.17. The zero-order valence-electron chi connectivity index (χ0n) is 14.2. The van der Waals surface area contributed by atoms with E-state index in [1.807, 2.05) is 26.8 Å². The Kier molecular flexibility index (Phi) is 5.29. The smallest absolute Gasteiger partial charge is 0.338 e. The normalized spacial score (nSPS) is 11.2. The van der Waals surface area contributed by atoms with Crippen molar-refractivity contribution in [1.29, 1.82) is 0 Å². The Morgan fingerprint density at radius 3 is 2.25 bits per heavy atom. The summed E-state index contributed by atoms with van der Waals surface area (Å²) in [5.41, 5.74) is 3.88. The lowest BCUT2D eigenvalue weighted by molar-refractivity contribution is 0.0600. The van der Waals surface area contributed by atoms with Crippen molar-refractivity contribution in [3.05, 3.63) is 64.2 Å². The zero-order chi connectivity index (χ0) is 17.9. The van der Waals surface area contributed by atoms with Gasteiger partial charge in [-0.05, 0) is 49.1 Å². The number of nitrogens with one attached hydrogen (secondary N) is 1. The number of carbonyl (C=O) groups excluding carboxylic acids is 1. The Morgan fingerprint density at radius 2 is 1.67 bits per heavy atom. The van der Waals surface area contributed by atoms with Gasteiger partial charge in [-0.2, -0.15) is 0 Å². The summed E-state index contributed by atoms with van der Waals surface area (Å²) in [6.07, 6.45) is 0. The molecule has 0 spiro atoms. The molecule has 0 aromatic heterocycles. The lowest BCUT2D eigenvalue weighted by atomic mass is 9.97. The molecule has 2 aromatic carbocycles. The Morgan fingerprint density at radius 1 is 1.04 bits per heavy atom. The Balaban J connectivity index is 2.38. The van der Waals surface area contributed by atoms with Crippen LogP contribution in [0.2, 0.25) is 0 Å². The fraction of sp³-hybridized carbons (Fsp3) is 0.278. The summed E-state index contributed by atoms with van der Waals surface area (Å²) in [5.74, 6) is -0.618. The van der Waals surface area contributed by atoms with Gasteiger partial charge in [-0.15, -0.1) is 0 Å². The van der Waals surface area contributed by atoms with Crippen LogP contribution in [0.15, 0.2) is 36.4 Å². The predicted molar refractivity (Wildman–Crippen MR) is 94.7 cm³/mol. The molecule has 1 N–H and O–H groups in total. The quantitative estimate of drug-likeness (QED) is 0.842. The highest BCUT2D eigenvalue weighted by molar-refractivity contribution is 7.91. The van der Waals surface area contributed by atoms with Gasteiger partial charge in [-0.3, -0.25) is 4.72 Å². The first-order valence-corrected chi connectivity index (χ1v) is 9.14. The molecule has 2 rings (SSSR count). The Labute approximate surface area is 142 Å². The van der Waals surface area contributed by atoms with Crippen LogP contribution < -0.4 is 4.72 Å². The number of anilines is 1. The zero-order valence-corrected chi connectivity index (χ0v) is 15.0. The maximum atomic E-state index is 12.4. The molecule has 2 aromatic rings. The molecular formula is C18H21NO4S. The average Bonchev–Trinajstić information content (AvgIpc) is 2.55. The summed E-state index contributed by atoms with van der Waals surface area (Å²) in [7, 11) is -2.29. The molecular weight excluding hydrogens is 326 g/mol. The van der Waals surface area contributed by atoms with Crippen molar-refractivity contribution >= 4 is 21.7 Å². The fourth-order valence-electron chi connectivity index (χ4n) is 2.47. The van der Waals surface area contributed by atoms with Crippen LogP contribution in [0.3, 0.4) is 0 Å². The molecule has 0 aliphatic carbocycles. The van der Waals surface area contributed by atoms with E-state index < -0.39 is 16.0 Å². The van der Waals surface area contributed by atoms with Gasteiger partial charge in [0.05, 0.1) is 24.1 Å². The van der Waals surface area contributed by atoms with Crippen LogP contribution in [0.25, 0.3) is 0 Å². The molecule has 0 heterocycles. The van der Waals surface area contributed by atoms with Crippen LogP contribution in [-0.2, 0) is 20.5 Å². The number of esters is 1. The summed E-state index contributed by atoms with van der Waals surface area (Å²) in [4.78, 5) is 11.9. The van der Waals surface area contributed by atoms with Crippen LogP contribution in [0.4, 0.5) is 5.69 Å². The molecule has 24 heavy (non-hydrogen) atoms. The van der Waals surface area contributed by atoms with Gasteiger partial charge in [0.1, 0.15) is 0 Å². The predicted octanol–water partition coefficient (Wildman–Crippen LogP) is 3.34. The first-order chi connectivity index (χ1) is 11.2. The highest BCUT2D eigenvalue weighted by Crippen LogP contribution is 2.27. The van der Waals surface area contributed by atoms with Crippen LogP contribution in [-0.4, -0.2) is 21.5 Å². The first-order valence-electron chi connectivity index (χ1n) is 7.48. The molecule has 0 fully saturated rings. The molecule has 0 aliphatic heterocycles. The van der Waals surface area contributed by atoms with Gasteiger partial charge >= 0.3 is 5.97 Å². The van der Waals surface area contributed by atoms with E-state index in [9.17, 15) is 13.2 Å². The standard InChI is InChI=1S/C18H21NO4S/c1-12-13(2)16(18(20)23-4)10-17(14(12)3)19-24(21,22)11-15-8-6-5-7-9-15/h5-10,19H,11H2,1-4H3. The lowest BCUT2D eigenvalue weighted by Gasteiger charge is -2.16. The third-order valence-electron chi connectivity index (χ3n) is 4.09. The average molecular weight is 347 g/mol. The molecule has 6 heteroatoms. The minimum Gasteiger partial charge on any atom is -0.465 e. The molecule has 0 saturated carbocycles. The fourth-order valence-corrected chi connectivity index (χ4v) is 3.72. The second-order valence-electron chi connectivity index (χ2n) is 5.69. The largest absolute Gasteiger partial charge is 0.465 e. The molecule has 0 saturated heterocycles. The number of methoxy groups -OCH3 is 1. The topological polar surface area (TPSA) is 72.5 Å². The van der Waals surface area contributed by atoms with E-state index in [2.05, 4.69) is 4.72 Å². The van der Waals surface area contributed by atoms with Gasteiger partial charge < -0.3 is 4.74 Å². The maximum absolute atomic E-state index is 12.4. The summed E-state index contributed by atoms with van der Waals surface area (Å²) in [6.45, 7) is 5.49. The van der Waals surface area contributed by atoms with Crippen LogP contribution in [0.1, 0.15) is 32.6 Å². The highest BCUT2D eigenvalue weighted by atomic mass is 32.2. The second kappa shape index (κ2) is 7.05. The van der Waals surface area contributed by atoms with Crippen molar-refractivity contribution in [1.82, 2.24) is 0 Å². The van der Waals surface area contributed by atoms with Gasteiger partial charge in [0.25, 0.3) is 0 Å². The van der Waals surface area contributed by atoms with E-state index in [1.54, 1.807) is 24.3 Å². The number of hydrogen-bond acceptors (Lipinski definition) is 4. The van der Waals surface area contributed by atoms with Crippen LogP contribution in [0.5, 0.6) is 0 Å². The maximum Gasteiger partial charge on any atom is 0.338 e. The summed E-state index contributed by atoms with van der Waals surface area (Å²) in [6, 6.07) is 10.5. The minimum absolute atomic E-state index is 0.131. The van der Waals surface area contributed by atoms with Gasteiger partial charge in [0, 0.05) is 0 Å². The van der Waals surface area contributed by atoms with E-state index in [4.69, 9.17) is 4.74 Å². The van der Waals surface area contributed by atoms with Crippen LogP contribution in [0, 0.1) is 20.8 Å². The Hall–Kier alpha value is -2.34. The number of carbonyl (C=O) groups is 1. The molecule has 0 atom stereocenters. The number of hydrogen-bond donors (Lipinski definition) is 1. The summed E-state index contributed by atoms with van der Waals surface area (Å²) in [5, 5.41) is 0. The molecule has 0 amide bonds. The van der Waals surface area contributed by atoms with Crippen molar-refractivity contribution in [2.45, 2.75) is 26.5 Å². The number of benzene rings is 2. The van der Waals surface area contributed by atoms with Crippen molar-refractivity contribution in [2.24, 2.45) is 0 Å². The molecule has 0 radical (unpaired) electrons. The van der Waals surface area contributed by atoms with Gasteiger partial charge in [-0.1, -0.05) is 30.3 Å².